The molecule has 6 heteroatoms. The Morgan fingerprint density at radius 2 is 1.65 bits per heavy atom. The summed E-state index contributed by atoms with van der Waals surface area (Å²) in [5, 5.41) is 0. The number of methoxy groups -OCH3 is 1. The number of rotatable bonds is 5. The molecule has 4 rings (SSSR count). The molecule has 156 valence electrons. The molecular formula is C25H22FN3O2. The molecule has 0 spiro atoms. The van der Waals surface area contributed by atoms with E-state index in [1.54, 1.807) is 55.7 Å². The van der Waals surface area contributed by atoms with E-state index in [9.17, 15) is 9.18 Å². The molecule has 0 bridgehead atoms. The molecule has 0 N–H and O–H groups in total. The van der Waals surface area contributed by atoms with E-state index >= 15 is 0 Å². The Kier molecular flexibility index (Phi) is 5.54. The van der Waals surface area contributed by atoms with Gasteiger partial charge in [0, 0.05) is 19.8 Å². The smallest absolute Gasteiger partial charge is 0.282 e. The second-order valence-electron chi connectivity index (χ2n) is 7.27. The van der Waals surface area contributed by atoms with Gasteiger partial charge in [-0.2, -0.15) is 0 Å². The fourth-order valence-corrected chi connectivity index (χ4v) is 3.34. The van der Waals surface area contributed by atoms with Gasteiger partial charge in [-0.15, -0.1) is 0 Å². The maximum absolute atomic E-state index is 14.6. The van der Waals surface area contributed by atoms with Crippen LogP contribution in [0.2, 0.25) is 0 Å². The van der Waals surface area contributed by atoms with E-state index in [2.05, 4.69) is 4.99 Å². The van der Waals surface area contributed by atoms with Gasteiger partial charge < -0.3 is 9.64 Å². The van der Waals surface area contributed by atoms with Crippen LogP contribution in [0.5, 0.6) is 5.75 Å². The summed E-state index contributed by atoms with van der Waals surface area (Å²) < 4.78 is 19.8. The molecule has 5 nitrogen and oxygen atoms in total. The predicted molar refractivity (Wildman–Crippen MR) is 122 cm³/mol. The van der Waals surface area contributed by atoms with Crippen LogP contribution in [0.15, 0.2) is 83.5 Å². The monoisotopic (exact) mass is 415 g/mol. The van der Waals surface area contributed by atoms with E-state index in [1.807, 2.05) is 43.3 Å². The third kappa shape index (κ3) is 4.05. The number of nitrogens with zero attached hydrogens (tertiary/aromatic N) is 3. The minimum Gasteiger partial charge on any atom is -0.497 e. The lowest BCUT2D eigenvalue weighted by atomic mass is 10.1. The van der Waals surface area contributed by atoms with Crippen molar-refractivity contribution in [1.82, 2.24) is 0 Å². The Balaban J connectivity index is 1.78. The zero-order chi connectivity index (χ0) is 22.0. The molecule has 0 unspecified atom stereocenters. The Morgan fingerprint density at radius 3 is 2.26 bits per heavy atom. The average molecular weight is 415 g/mol. The van der Waals surface area contributed by atoms with E-state index < -0.39 is 5.82 Å². The van der Waals surface area contributed by atoms with Gasteiger partial charge >= 0.3 is 0 Å². The van der Waals surface area contributed by atoms with Gasteiger partial charge in [0.25, 0.3) is 5.91 Å². The average Bonchev–Trinajstić information content (AvgIpc) is 3.10. The Labute approximate surface area is 180 Å². The van der Waals surface area contributed by atoms with Crippen molar-refractivity contribution < 1.29 is 13.9 Å². The summed E-state index contributed by atoms with van der Waals surface area (Å²) in [4.78, 5) is 21.3. The molecule has 0 aliphatic carbocycles. The third-order valence-electron chi connectivity index (χ3n) is 5.02. The first kappa shape index (κ1) is 20.3. The zero-order valence-electron chi connectivity index (χ0n) is 17.5. The van der Waals surface area contributed by atoms with Crippen molar-refractivity contribution in [2.45, 2.75) is 0 Å². The van der Waals surface area contributed by atoms with Crippen molar-refractivity contribution >= 4 is 29.2 Å². The molecule has 0 aromatic heterocycles. The minimum atomic E-state index is -0.441. The molecule has 0 radical (unpaired) electrons. The summed E-state index contributed by atoms with van der Waals surface area (Å²) in [7, 11) is 5.50. The molecule has 0 saturated carbocycles. The fourth-order valence-electron chi connectivity index (χ4n) is 3.34. The van der Waals surface area contributed by atoms with Gasteiger partial charge in [-0.3, -0.25) is 9.69 Å². The first-order chi connectivity index (χ1) is 15.0. The van der Waals surface area contributed by atoms with Crippen LogP contribution in [0, 0.1) is 5.82 Å². The van der Waals surface area contributed by atoms with Gasteiger partial charge in [0.2, 0.25) is 0 Å². The first-order valence-corrected chi connectivity index (χ1v) is 9.79. The number of aliphatic imine (C=N–C) groups is 1. The van der Waals surface area contributed by atoms with Gasteiger partial charge in [-0.05, 0) is 60.2 Å². The fraction of sp³-hybridized carbons (Fsp3) is 0.120. The Morgan fingerprint density at radius 1 is 0.968 bits per heavy atom. The molecule has 1 aliphatic heterocycles. The lowest BCUT2D eigenvalue weighted by molar-refractivity contribution is -0.113. The summed E-state index contributed by atoms with van der Waals surface area (Å²) in [6.07, 6.45) is 1.71. The maximum Gasteiger partial charge on any atom is 0.282 e. The Hall–Kier alpha value is -3.93. The van der Waals surface area contributed by atoms with Gasteiger partial charge in [0.1, 0.15) is 17.3 Å². The minimum absolute atomic E-state index is 0.242. The number of anilines is 2. The topological polar surface area (TPSA) is 45.1 Å². The molecule has 1 aliphatic rings. The van der Waals surface area contributed by atoms with Crippen LogP contribution in [0.1, 0.15) is 11.1 Å². The van der Waals surface area contributed by atoms with Crippen LogP contribution in [0.25, 0.3) is 6.08 Å². The molecule has 31 heavy (non-hydrogen) atoms. The maximum atomic E-state index is 14.6. The Bertz CT molecular complexity index is 1170. The highest BCUT2D eigenvalue weighted by Gasteiger charge is 2.33. The SMILES string of the molecule is COc1ccc(N2C(=O)/C(=C\c3ccc(N(C)C)cc3)N=C2c2ccccc2F)cc1. The number of amides is 1. The highest BCUT2D eigenvalue weighted by molar-refractivity contribution is 6.33. The normalized spacial score (nSPS) is 14.7. The third-order valence-corrected chi connectivity index (χ3v) is 5.02. The molecule has 1 heterocycles. The summed E-state index contributed by atoms with van der Waals surface area (Å²) in [5.41, 5.74) is 2.97. The largest absolute Gasteiger partial charge is 0.497 e. The van der Waals surface area contributed by atoms with Crippen LogP contribution in [-0.4, -0.2) is 32.9 Å². The van der Waals surface area contributed by atoms with Crippen molar-refractivity contribution in [2.75, 3.05) is 31.0 Å². The second kappa shape index (κ2) is 8.44. The van der Waals surface area contributed by atoms with Crippen molar-refractivity contribution in [1.29, 1.82) is 0 Å². The van der Waals surface area contributed by atoms with Crippen molar-refractivity contribution in [3.63, 3.8) is 0 Å². The number of carbonyl (C=O) groups excluding carboxylic acids is 1. The van der Waals surface area contributed by atoms with E-state index in [-0.39, 0.29) is 23.0 Å². The van der Waals surface area contributed by atoms with Crippen molar-refractivity contribution in [3.05, 3.63) is 95.4 Å². The number of hydrogen-bond acceptors (Lipinski definition) is 4. The van der Waals surface area contributed by atoms with Crippen LogP contribution in [0.3, 0.4) is 0 Å². The molecule has 0 atom stereocenters. The van der Waals surface area contributed by atoms with Gasteiger partial charge in [0.15, 0.2) is 5.84 Å². The van der Waals surface area contributed by atoms with Gasteiger partial charge in [0.05, 0.1) is 18.4 Å². The predicted octanol–water partition coefficient (Wildman–Crippen LogP) is 4.73. The van der Waals surface area contributed by atoms with Gasteiger partial charge in [-0.1, -0.05) is 24.3 Å². The van der Waals surface area contributed by atoms with Crippen molar-refractivity contribution in [2.24, 2.45) is 4.99 Å². The highest BCUT2D eigenvalue weighted by atomic mass is 19.1. The summed E-state index contributed by atoms with van der Waals surface area (Å²) >= 11 is 0. The first-order valence-electron chi connectivity index (χ1n) is 9.79. The van der Waals surface area contributed by atoms with E-state index in [1.165, 1.54) is 11.0 Å². The standard InChI is InChI=1S/C25H22FN3O2/c1-28(2)18-10-8-17(9-11-18)16-23-25(30)29(19-12-14-20(31-3)15-13-19)24(27-23)21-6-4-5-7-22(21)26/h4-16H,1-3H3/b23-16+. The highest BCUT2D eigenvalue weighted by Crippen LogP contribution is 2.30. The number of ether oxygens (including phenoxy) is 1. The van der Waals surface area contributed by atoms with Crippen LogP contribution in [-0.2, 0) is 4.79 Å². The number of halogens is 1. The van der Waals surface area contributed by atoms with Gasteiger partial charge in [-0.25, -0.2) is 9.38 Å². The molecule has 0 fully saturated rings. The summed E-state index contributed by atoms with van der Waals surface area (Å²) in [5.74, 6) is 0.158. The summed E-state index contributed by atoms with van der Waals surface area (Å²) in [6, 6.07) is 21.1. The molecule has 0 saturated heterocycles. The van der Waals surface area contributed by atoms with Crippen molar-refractivity contribution in [3.8, 4) is 5.75 Å². The van der Waals surface area contributed by atoms with E-state index in [0.717, 1.165) is 11.3 Å². The molecular weight excluding hydrogens is 393 g/mol. The number of amidine groups is 1. The molecule has 3 aromatic rings. The van der Waals surface area contributed by atoms with Crippen LogP contribution >= 0.6 is 0 Å². The van der Waals surface area contributed by atoms with Crippen LogP contribution in [0.4, 0.5) is 15.8 Å². The molecule has 1 amide bonds. The summed E-state index contributed by atoms with van der Waals surface area (Å²) in [6.45, 7) is 0. The second-order valence-corrected chi connectivity index (χ2v) is 7.27. The van der Waals surface area contributed by atoms with Crippen LogP contribution < -0.4 is 14.5 Å². The quantitative estimate of drug-likeness (QED) is 0.566. The number of carbonyl (C=O) groups is 1. The van der Waals surface area contributed by atoms with E-state index in [4.69, 9.17) is 4.74 Å². The van der Waals surface area contributed by atoms with E-state index in [0.29, 0.717) is 11.4 Å². The lowest BCUT2D eigenvalue weighted by Gasteiger charge is -2.19. The number of benzene rings is 3. The zero-order valence-corrected chi connectivity index (χ0v) is 17.5. The lowest BCUT2D eigenvalue weighted by Crippen LogP contribution is -2.33. The number of hydrogen-bond donors (Lipinski definition) is 0. The molecule has 3 aromatic carbocycles.